The summed E-state index contributed by atoms with van der Waals surface area (Å²) in [5.74, 6) is 0.214. The molecule has 0 heterocycles. The van der Waals surface area contributed by atoms with Crippen LogP contribution >= 0.6 is 0 Å². The van der Waals surface area contributed by atoms with Crippen LogP contribution in [0.5, 0.6) is 5.75 Å². The van der Waals surface area contributed by atoms with Gasteiger partial charge >= 0.3 is 0 Å². The summed E-state index contributed by atoms with van der Waals surface area (Å²) in [6.45, 7) is 0. The summed E-state index contributed by atoms with van der Waals surface area (Å²) in [4.78, 5) is 12.9. The molecule has 1 aromatic carbocycles. The Bertz CT molecular complexity index is 321. The summed E-state index contributed by atoms with van der Waals surface area (Å²) in [7, 11) is 0. The smallest absolute Gasteiger partial charge is 0.239 e. The fourth-order valence-electron chi connectivity index (χ4n) is 0.739. The molecule has 0 fully saturated rings. The third kappa shape index (κ3) is 2.40. The quantitative estimate of drug-likeness (QED) is 0.530. The highest BCUT2D eigenvalue weighted by atomic mass is 16.3. The lowest BCUT2D eigenvalue weighted by Gasteiger charge is -1.91. The Balaban J connectivity index is 2.77. The Morgan fingerprint density at radius 2 is 2.00 bits per heavy atom. The first kappa shape index (κ1) is 8.24. The van der Waals surface area contributed by atoms with E-state index >= 15 is 0 Å². The van der Waals surface area contributed by atoms with Crippen LogP contribution in [-0.2, 0) is 4.79 Å². The molecule has 0 unspecified atom stereocenters. The second kappa shape index (κ2) is 4.11. The minimum atomic E-state index is 0.214. The molecule has 1 aromatic rings. The van der Waals surface area contributed by atoms with E-state index in [1.165, 1.54) is 12.3 Å². The van der Waals surface area contributed by atoms with Gasteiger partial charge in [-0.05, 0) is 23.8 Å². The van der Waals surface area contributed by atoms with E-state index in [2.05, 4.69) is 4.99 Å². The van der Waals surface area contributed by atoms with Gasteiger partial charge in [0.2, 0.25) is 6.08 Å². The van der Waals surface area contributed by atoms with Crippen LogP contribution in [0.15, 0.2) is 35.5 Å². The molecule has 0 aliphatic heterocycles. The van der Waals surface area contributed by atoms with Gasteiger partial charge in [0.25, 0.3) is 0 Å². The van der Waals surface area contributed by atoms with Crippen molar-refractivity contribution in [2.45, 2.75) is 0 Å². The Kier molecular flexibility index (Phi) is 2.82. The van der Waals surface area contributed by atoms with E-state index in [4.69, 9.17) is 5.11 Å². The second-order valence-corrected chi connectivity index (χ2v) is 2.13. The Hall–Kier alpha value is -1.86. The SMILES string of the molecule is O=C=N/C=C\c1ccc(O)cc1. The molecule has 0 radical (unpaired) electrons. The van der Waals surface area contributed by atoms with Crippen molar-refractivity contribution in [1.29, 1.82) is 0 Å². The molecule has 0 aliphatic carbocycles. The number of nitrogens with zero attached hydrogens (tertiary/aromatic N) is 1. The molecule has 0 spiro atoms. The zero-order valence-electron chi connectivity index (χ0n) is 6.27. The number of rotatable bonds is 2. The molecule has 1 rings (SSSR count). The average Bonchev–Trinajstić information content (AvgIpc) is 2.09. The standard InChI is InChI=1S/C9H7NO2/c11-7-10-6-5-8-1-3-9(12)4-2-8/h1-6,12H/b6-5-. The zero-order chi connectivity index (χ0) is 8.81. The lowest BCUT2D eigenvalue weighted by molar-refractivity contribution is 0.475. The molecule has 0 atom stereocenters. The van der Waals surface area contributed by atoms with Gasteiger partial charge in [-0.2, -0.15) is 4.99 Å². The van der Waals surface area contributed by atoms with Crippen molar-refractivity contribution in [2.75, 3.05) is 0 Å². The molecule has 0 saturated heterocycles. The molecule has 1 N–H and O–H groups in total. The summed E-state index contributed by atoms with van der Waals surface area (Å²) in [6.07, 6.45) is 4.38. The number of phenolic OH excluding ortho intramolecular Hbond substituents is 1. The van der Waals surface area contributed by atoms with Crippen molar-refractivity contribution in [3.05, 3.63) is 36.0 Å². The number of hydrogen-bond acceptors (Lipinski definition) is 3. The third-order valence-corrected chi connectivity index (χ3v) is 1.29. The lowest BCUT2D eigenvalue weighted by Crippen LogP contribution is -1.68. The van der Waals surface area contributed by atoms with Crippen molar-refractivity contribution in [1.82, 2.24) is 0 Å². The van der Waals surface area contributed by atoms with Gasteiger partial charge in [-0.25, -0.2) is 4.79 Å². The Labute approximate surface area is 69.7 Å². The van der Waals surface area contributed by atoms with Gasteiger partial charge in [0.05, 0.1) is 0 Å². The first-order valence-corrected chi connectivity index (χ1v) is 3.35. The van der Waals surface area contributed by atoms with Gasteiger partial charge in [0.15, 0.2) is 0 Å². The number of isocyanates is 1. The predicted octanol–water partition coefficient (Wildman–Crippen LogP) is 1.70. The zero-order valence-corrected chi connectivity index (χ0v) is 6.27. The monoisotopic (exact) mass is 161 g/mol. The highest BCUT2D eigenvalue weighted by Crippen LogP contribution is 2.10. The van der Waals surface area contributed by atoms with Gasteiger partial charge in [-0.15, -0.1) is 0 Å². The molecular formula is C9H7NO2. The highest BCUT2D eigenvalue weighted by molar-refractivity contribution is 5.51. The van der Waals surface area contributed by atoms with Crippen molar-refractivity contribution >= 4 is 12.2 Å². The van der Waals surface area contributed by atoms with Crippen LogP contribution in [0, 0.1) is 0 Å². The van der Waals surface area contributed by atoms with Crippen LogP contribution < -0.4 is 0 Å². The van der Waals surface area contributed by atoms with Crippen LogP contribution in [0.3, 0.4) is 0 Å². The second-order valence-electron chi connectivity index (χ2n) is 2.13. The van der Waals surface area contributed by atoms with Crippen LogP contribution in [-0.4, -0.2) is 11.2 Å². The third-order valence-electron chi connectivity index (χ3n) is 1.29. The lowest BCUT2D eigenvalue weighted by atomic mass is 10.2. The van der Waals surface area contributed by atoms with E-state index < -0.39 is 0 Å². The van der Waals surface area contributed by atoms with E-state index in [0.717, 1.165) is 5.56 Å². The number of carbonyl (C=O) groups excluding carboxylic acids is 1. The van der Waals surface area contributed by atoms with Crippen LogP contribution in [0.1, 0.15) is 5.56 Å². The summed E-state index contributed by atoms with van der Waals surface area (Å²) in [5.41, 5.74) is 0.867. The Morgan fingerprint density at radius 1 is 1.33 bits per heavy atom. The largest absolute Gasteiger partial charge is 0.508 e. The first-order chi connectivity index (χ1) is 5.83. The normalized spacial score (nSPS) is 9.67. The fourth-order valence-corrected chi connectivity index (χ4v) is 0.739. The van der Waals surface area contributed by atoms with E-state index in [-0.39, 0.29) is 5.75 Å². The number of hydrogen-bond donors (Lipinski definition) is 1. The maximum absolute atomic E-state index is 9.67. The average molecular weight is 161 g/mol. The minimum Gasteiger partial charge on any atom is -0.508 e. The van der Waals surface area contributed by atoms with Crippen LogP contribution in [0.4, 0.5) is 0 Å². The summed E-state index contributed by atoms with van der Waals surface area (Å²) in [6, 6.07) is 6.55. The van der Waals surface area contributed by atoms with Crippen LogP contribution in [0.25, 0.3) is 6.08 Å². The van der Waals surface area contributed by atoms with E-state index in [1.807, 2.05) is 0 Å². The molecule has 0 aromatic heterocycles. The number of phenols is 1. The predicted molar refractivity (Wildman–Crippen MR) is 45.3 cm³/mol. The van der Waals surface area contributed by atoms with Crippen molar-refractivity contribution in [2.24, 2.45) is 4.99 Å². The fraction of sp³-hybridized carbons (Fsp3) is 0. The van der Waals surface area contributed by atoms with E-state index in [1.54, 1.807) is 30.3 Å². The molecule has 0 bridgehead atoms. The van der Waals surface area contributed by atoms with Crippen molar-refractivity contribution < 1.29 is 9.90 Å². The van der Waals surface area contributed by atoms with Crippen molar-refractivity contribution in [3.63, 3.8) is 0 Å². The number of aromatic hydroxyl groups is 1. The van der Waals surface area contributed by atoms with Crippen molar-refractivity contribution in [3.8, 4) is 5.75 Å². The summed E-state index contributed by atoms with van der Waals surface area (Å²) in [5, 5.41) is 8.92. The summed E-state index contributed by atoms with van der Waals surface area (Å²) < 4.78 is 0. The van der Waals surface area contributed by atoms with Gasteiger partial charge in [0.1, 0.15) is 5.75 Å². The molecule has 60 valence electrons. The number of aliphatic imine (C=N–C) groups is 1. The van der Waals surface area contributed by atoms with E-state index in [0.29, 0.717) is 0 Å². The van der Waals surface area contributed by atoms with Gasteiger partial charge in [0, 0.05) is 6.20 Å². The minimum absolute atomic E-state index is 0.214. The highest BCUT2D eigenvalue weighted by Gasteiger charge is 1.86. The molecular weight excluding hydrogens is 154 g/mol. The molecule has 0 saturated carbocycles. The van der Waals surface area contributed by atoms with E-state index in [9.17, 15) is 4.79 Å². The van der Waals surface area contributed by atoms with Gasteiger partial charge in [-0.1, -0.05) is 12.1 Å². The molecule has 0 aliphatic rings. The van der Waals surface area contributed by atoms with Gasteiger partial charge in [-0.3, -0.25) is 0 Å². The maximum atomic E-state index is 9.67. The Morgan fingerprint density at radius 3 is 2.58 bits per heavy atom. The number of benzene rings is 1. The van der Waals surface area contributed by atoms with Crippen LogP contribution in [0.2, 0.25) is 0 Å². The molecule has 3 nitrogen and oxygen atoms in total. The maximum Gasteiger partial charge on any atom is 0.239 e. The topological polar surface area (TPSA) is 49.7 Å². The summed E-state index contributed by atoms with van der Waals surface area (Å²) >= 11 is 0. The molecule has 0 amide bonds. The van der Waals surface area contributed by atoms with Gasteiger partial charge < -0.3 is 5.11 Å². The first-order valence-electron chi connectivity index (χ1n) is 3.35. The molecule has 12 heavy (non-hydrogen) atoms. The molecule has 3 heteroatoms.